The molecule has 92 valence electrons. The molecule has 1 N–H and O–H groups in total. The van der Waals surface area contributed by atoms with Crippen molar-refractivity contribution in [3.8, 4) is 0 Å². The predicted molar refractivity (Wildman–Crippen MR) is 60.7 cm³/mol. The molecule has 1 rings (SSSR count). The fourth-order valence-corrected chi connectivity index (χ4v) is 1.46. The van der Waals surface area contributed by atoms with E-state index in [4.69, 9.17) is 4.74 Å². The van der Waals surface area contributed by atoms with Crippen LogP contribution in [0.4, 0.5) is 0 Å². The van der Waals surface area contributed by atoms with E-state index in [2.05, 4.69) is 5.32 Å². The Morgan fingerprint density at radius 1 is 1.38 bits per heavy atom. The molecule has 16 heavy (non-hydrogen) atoms. The molecule has 4 nitrogen and oxygen atoms in total. The van der Waals surface area contributed by atoms with Crippen molar-refractivity contribution in [3.05, 3.63) is 0 Å². The Hall–Kier alpha value is -1.06. The van der Waals surface area contributed by atoms with Crippen LogP contribution in [0.25, 0.3) is 0 Å². The third kappa shape index (κ3) is 3.83. The van der Waals surface area contributed by atoms with Gasteiger partial charge in [-0.3, -0.25) is 4.79 Å². The molecule has 1 aliphatic rings. The second kappa shape index (κ2) is 4.44. The van der Waals surface area contributed by atoms with Gasteiger partial charge in [0.1, 0.15) is 11.6 Å². The van der Waals surface area contributed by atoms with Crippen LogP contribution in [0, 0.1) is 11.8 Å². The Morgan fingerprint density at radius 3 is 2.25 bits per heavy atom. The molecule has 3 atom stereocenters. The molecule has 1 aliphatic carbocycles. The van der Waals surface area contributed by atoms with Crippen LogP contribution >= 0.6 is 0 Å². The van der Waals surface area contributed by atoms with Crippen molar-refractivity contribution in [2.24, 2.45) is 11.8 Å². The minimum absolute atomic E-state index is 0.0362. The molecule has 0 saturated heterocycles. The first-order valence-corrected chi connectivity index (χ1v) is 5.74. The van der Waals surface area contributed by atoms with Crippen LogP contribution in [0.1, 0.15) is 41.0 Å². The third-order valence-electron chi connectivity index (χ3n) is 2.57. The van der Waals surface area contributed by atoms with E-state index in [1.807, 2.05) is 27.7 Å². The summed E-state index contributed by atoms with van der Waals surface area (Å²) in [5, 5.41) is 2.68. The van der Waals surface area contributed by atoms with Gasteiger partial charge in [-0.1, -0.05) is 6.92 Å². The highest BCUT2D eigenvalue weighted by atomic mass is 16.6. The molecule has 0 spiro atoms. The maximum absolute atomic E-state index is 11.6. The average Bonchev–Trinajstić information content (AvgIpc) is 2.79. The van der Waals surface area contributed by atoms with E-state index in [0.717, 1.165) is 6.42 Å². The fourth-order valence-electron chi connectivity index (χ4n) is 1.46. The lowest BCUT2D eigenvalue weighted by Crippen LogP contribution is -2.42. The van der Waals surface area contributed by atoms with Gasteiger partial charge in [0.05, 0.1) is 0 Å². The fraction of sp³-hybridized carbons (Fsp3) is 0.833. The van der Waals surface area contributed by atoms with Gasteiger partial charge in [0, 0.05) is 5.92 Å². The van der Waals surface area contributed by atoms with E-state index in [1.165, 1.54) is 0 Å². The van der Waals surface area contributed by atoms with Crippen molar-refractivity contribution < 1.29 is 14.3 Å². The first-order chi connectivity index (χ1) is 7.20. The molecule has 0 aromatic carbocycles. The van der Waals surface area contributed by atoms with Crippen molar-refractivity contribution in [2.45, 2.75) is 52.7 Å². The maximum Gasteiger partial charge on any atom is 0.328 e. The number of hydrogen-bond acceptors (Lipinski definition) is 3. The van der Waals surface area contributed by atoms with Crippen LogP contribution in [0.5, 0.6) is 0 Å². The smallest absolute Gasteiger partial charge is 0.328 e. The first-order valence-electron chi connectivity index (χ1n) is 5.74. The second-order valence-electron chi connectivity index (χ2n) is 5.58. The third-order valence-corrected chi connectivity index (χ3v) is 2.57. The van der Waals surface area contributed by atoms with Crippen LogP contribution in [-0.2, 0) is 14.3 Å². The molecule has 0 aromatic heterocycles. The van der Waals surface area contributed by atoms with Gasteiger partial charge in [-0.25, -0.2) is 4.79 Å². The van der Waals surface area contributed by atoms with Crippen molar-refractivity contribution >= 4 is 11.9 Å². The maximum atomic E-state index is 11.6. The Balaban J connectivity index is 2.37. The van der Waals surface area contributed by atoms with Gasteiger partial charge in [0.2, 0.25) is 5.91 Å². The molecule has 0 radical (unpaired) electrons. The predicted octanol–water partition coefficient (Wildman–Crippen LogP) is 1.49. The molecule has 0 aliphatic heterocycles. The highest BCUT2D eigenvalue weighted by Crippen LogP contribution is 2.37. The topological polar surface area (TPSA) is 55.4 Å². The number of carbonyl (C=O) groups excluding carboxylic acids is 2. The number of nitrogens with one attached hydrogen (secondary N) is 1. The van der Waals surface area contributed by atoms with Crippen molar-refractivity contribution in [3.63, 3.8) is 0 Å². The van der Waals surface area contributed by atoms with Crippen LogP contribution < -0.4 is 5.32 Å². The summed E-state index contributed by atoms with van der Waals surface area (Å²) in [7, 11) is 0. The molecule has 0 heterocycles. The van der Waals surface area contributed by atoms with E-state index >= 15 is 0 Å². The second-order valence-corrected chi connectivity index (χ2v) is 5.58. The van der Waals surface area contributed by atoms with Crippen LogP contribution in [0.3, 0.4) is 0 Å². The van der Waals surface area contributed by atoms with Gasteiger partial charge >= 0.3 is 5.97 Å². The summed E-state index contributed by atoms with van der Waals surface area (Å²) in [5.74, 6) is 0.121. The van der Waals surface area contributed by atoms with Crippen LogP contribution in [-0.4, -0.2) is 23.5 Å². The summed E-state index contributed by atoms with van der Waals surface area (Å²) in [6, 6.07) is -0.570. The quantitative estimate of drug-likeness (QED) is 0.743. The molecule has 0 aromatic rings. The molecule has 1 fully saturated rings. The molecule has 1 saturated carbocycles. The van der Waals surface area contributed by atoms with Crippen LogP contribution in [0.15, 0.2) is 0 Å². The molecule has 0 bridgehead atoms. The van der Waals surface area contributed by atoms with Crippen molar-refractivity contribution in [2.75, 3.05) is 0 Å². The minimum Gasteiger partial charge on any atom is -0.458 e. The van der Waals surface area contributed by atoms with E-state index in [-0.39, 0.29) is 17.8 Å². The van der Waals surface area contributed by atoms with Crippen LogP contribution in [0.2, 0.25) is 0 Å². The number of carbonyl (C=O) groups is 2. The van der Waals surface area contributed by atoms with E-state index in [9.17, 15) is 9.59 Å². The summed E-state index contributed by atoms with van der Waals surface area (Å²) in [6.07, 6.45) is 0.923. The molecular weight excluding hydrogens is 206 g/mol. The molecule has 2 unspecified atom stereocenters. The Labute approximate surface area is 96.7 Å². The Kier molecular flexibility index (Phi) is 3.61. The largest absolute Gasteiger partial charge is 0.458 e. The van der Waals surface area contributed by atoms with Gasteiger partial charge < -0.3 is 10.1 Å². The zero-order valence-corrected chi connectivity index (χ0v) is 10.7. The standard InChI is InChI=1S/C12H21NO3/c1-7-6-9(7)10(14)13-8(2)11(15)16-12(3,4)5/h7-9H,6H2,1-5H3,(H,13,14)/t7?,8-,9?/m0/s1. The number of esters is 1. The lowest BCUT2D eigenvalue weighted by molar-refractivity contribution is -0.158. The molecular formula is C12H21NO3. The van der Waals surface area contributed by atoms with Gasteiger partial charge in [-0.15, -0.1) is 0 Å². The van der Waals surface area contributed by atoms with Crippen molar-refractivity contribution in [1.29, 1.82) is 0 Å². The van der Waals surface area contributed by atoms with Gasteiger partial charge in [0.15, 0.2) is 0 Å². The van der Waals surface area contributed by atoms with Gasteiger partial charge in [-0.05, 0) is 40.0 Å². The summed E-state index contributed by atoms with van der Waals surface area (Å²) in [6.45, 7) is 9.11. The van der Waals surface area contributed by atoms with E-state index in [1.54, 1.807) is 6.92 Å². The van der Waals surface area contributed by atoms with E-state index in [0.29, 0.717) is 5.92 Å². The molecule has 1 amide bonds. The monoisotopic (exact) mass is 227 g/mol. The highest BCUT2D eigenvalue weighted by molar-refractivity contribution is 5.87. The first kappa shape index (κ1) is 13.0. The summed E-state index contributed by atoms with van der Waals surface area (Å²) in [5.41, 5.74) is -0.511. The zero-order chi connectivity index (χ0) is 12.5. The Morgan fingerprint density at radius 2 is 1.88 bits per heavy atom. The van der Waals surface area contributed by atoms with Gasteiger partial charge in [-0.2, -0.15) is 0 Å². The van der Waals surface area contributed by atoms with Crippen molar-refractivity contribution in [1.82, 2.24) is 5.32 Å². The summed E-state index contributed by atoms with van der Waals surface area (Å²) >= 11 is 0. The number of ether oxygens (including phenoxy) is 1. The normalized spacial score (nSPS) is 25.8. The SMILES string of the molecule is CC1CC1C(=O)N[C@@H](C)C(=O)OC(C)(C)C. The highest BCUT2D eigenvalue weighted by Gasteiger charge is 2.40. The summed E-state index contributed by atoms with van der Waals surface area (Å²) in [4.78, 5) is 23.2. The average molecular weight is 227 g/mol. The number of hydrogen-bond donors (Lipinski definition) is 1. The summed E-state index contributed by atoms with van der Waals surface area (Å²) < 4.78 is 5.17. The van der Waals surface area contributed by atoms with E-state index < -0.39 is 11.6 Å². The zero-order valence-electron chi connectivity index (χ0n) is 10.7. The van der Waals surface area contributed by atoms with Gasteiger partial charge in [0.25, 0.3) is 0 Å². The minimum atomic E-state index is -0.570. The Bertz CT molecular complexity index is 293. The lowest BCUT2D eigenvalue weighted by atomic mass is 10.2. The lowest BCUT2D eigenvalue weighted by Gasteiger charge is -2.22. The number of amides is 1. The molecule has 4 heteroatoms. The number of rotatable bonds is 3.